The number of rotatable bonds is 7. The molecule has 0 heterocycles. The summed E-state index contributed by atoms with van der Waals surface area (Å²) in [5.41, 5.74) is 0.663. The minimum Gasteiger partial charge on any atom is -0.280 e. The van der Waals surface area contributed by atoms with Gasteiger partial charge in [-0.3, -0.25) is 9.44 Å². The molecule has 0 unspecified atom stereocenters. The second kappa shape index (κ2) is 8.64. The van der Waals surface area contributed by atoms with Crippen molar-refractivity contribution in [2.75, 3.05) is 9.44 Å². The van der Waals surface area contributed by atoms with Crippen LogP contribution in [0.3, 0.4) is 0 Å². The molecule has 0 amide bonds. The highest BCUT2D eigenvalue weighted by atomic mass is 32.2. The third-order valence-electron chi connectivity index (χ3n) is 4.44. The summed E-state index contributed by atoms with van der Waals surface area (Å²) in [5.74, 6) is -1.88. The average Bonchev–Trinajstić information content (AvgIpc) is 2.71. The van der Waals surface area contributed by atoms with E-state index in [-0.39, 0.29) is 11.4 Å². The molecule has 0 fully saturated rings. The predicted molar refractivity (Wildman–Crippen MR) is 117 cm³/mol. The van der Waals surface area contributed by atoms with E-state index in [0.717, 1.165) is 23.8 Å². The predicted octanol–water partition coefficient (Wildman–Crippen LogP) is 4.58. The summed E-state index contributed by atoms with van der Waals surface area (Å²) in [6.07, 6.45) is 0. The Morgan fingerprint density at radius 2 is 1.39 bits per heavy atom. The molecule has 0 aromatic heterocycles. The van der Waals surface area contributed by atoms with Crippen molar-refractivity contribution in [3.8, 4) is 11.1 Å². The molecule has 0 spiro atoms. The minimum atomic E-state index is -4.34. The van der Waals surface area contributed by atoms with Crippen molar-refractivity contribution in [1.29, 1.82) is 0 Å². The number of halogens is 2. The summed E-state index contributed by atoms with van der Waals surface area (Å²) in [6, 6.07) is 15.7. The molecule has 0 atom stereocenters. The van der Waals surface area contributed by atoms with Crippen LogP contribution in [-0.4, -0.2) is 22.1 Å². The number of hydrogen-bond acceptors (Lipinski definition) is 4. The monoisotopic (exact) mass is 466 g/mol. The van der Waals surface area contributed by atoms with E-state index in [1.807, 2.05) is 6.07 Å². The van der Waals surface area contributed by atoms with E-state index in [0.29, 0.717) is 11.6 Å². The molecule has 164 valence electrons. The van der Waals surface area contributed by atoms with Gasteiger partial charge in [0.25, 0.3) is 10.0 Å². The Bertz CT molecular complexity index is 1310. The van der Waals surface area contributed by atoms with Crippen LogP contribution in [0.25, 0.3) is 11.1 Å². The molecular weight excluding hydrogens is 446 g/mol. The molecule has 2 N–H and O–H groups in total. The maximum atomic E-state index is 14.4. The molecule has 0 aliphatic heterocycles. The SMILES string of the molecule is CC(C)S(=O)(=O)Nc1ccc(S(=O)(=O)Nc2cc(-c3ccccc3)ccc2F)cc1F. The number of anilines is 2. The van der Waals surface area contributed by atoms with Crippen molar-refractivity contribution in [2.24, 2.45) is 0 Å². The number of benzene rings is 3. The van der Waals surface area contributed by atoms with E-state index in [2.05, 4.69) is 9.44 Å². The summed E-state index contributed by atoms with van der Waals surface area (Å²) in [6.45, 7) is 2.84. The number of nitrogens with one attached hydrogen (secondary N) is 2. The lowest BCUT2D eigenvalue weighted by atomic mass is 10.1. The summed E-state index contributed by atoms with van der Waals surface area (Å²) in [4.78, 5) is -0.484. The van der Waals surface area contributed by atoms with E-state index >= 15 is 0 Å². The van der Waals surface area contributed by atoms with Gasteiger partial charge in [-0.1, -0.05) is 36.4 Å². The Labute approximate surface area is 180 Å². The molecule has 3 rings (SSSR count). The Kier molecular flexibility index (Phi) is 6.33. The summed E-state index contributed by atoms with van der Waals surface area (Å²) >= 11 is 0. The van der Waals surface area contributed by atoms with Gasteiger partial charge >= 0.3 is 0 Å². The lowest BCUT2D eigenvalue weighted by Gasteiger charge is -2.14. The van der Waals surface area contributed by atoms with Crippen LogP contribution < -0.4 is 9.44 Å². The topological polar surface area (TPSA) is 92.3 Å². The quantitative estimate of drug-likeness (QED) is 0.533. The van der Waals surface area contributed by atoms with Gasteiger partial charge < -0.3 is 0 Å². The van der Waals surface area contributed by atoms with Gasteiger partial charge in [-0.15, -0.1) is 0 Å². The van der Waals surface area contributed by atoms with E-state index in [9.17, 15) is 25.6 Å². The van der Waals surface area contributed by atoms with Crippen LogP contribution in [0, 0.1) is 11.6 Å². The molecule has 0 aliphatic rings. The van der Waals surface area contributed by atoms with Gasteiger partial charge in [-0.05, 0) is 55.3 Å². The van der Waals surface area contributed by atoms with Crippen LogP contribution >= 0.6 is 0 Å². The molecule has 0 radical (unpaired) electrons. The number of hydrogen-bond donors (Lipinski definition) is 2. The zero-order valence-electron chi connectivity index (χ0n) is 16.6. The van der Waals surface area contributed by atoms with E-state index in [1.54, 1.807) is 24.3 Å². The summed E-state index contributed by atoms with van der Waals surface area (Å²) in [7, 11) is -8.15. The lowest BCUT2D eigenvalue weighted by molar-refractivity contribution is 0.589. The fourth-order valence-corrected chi connectivity index (χ4v) is 4.41. The highest BCUT2D eigenvalue weighted by Crippen LogP contribution is 2.28. The van der Waals surface area contributed by atoms with Gasteiger partial charge in [0.15, 0.2) is 0 Å². The van der Waals surface area contributed by atoms with Gasteiger partial charge in [0.1, 0.15) is 11.6 Å². The molecule has 10 heteroatoms. The van der Waals surface area contributed by atoms with E-state index < -0.39 is 41.8 Å². The molecule has 6 nitrogen and oxygen atoms in total. The standard InChI is InChI=1S/C21H20F2N2O4S2/c1-14(2)30(26,27)24-20-11-9-17(13-19(20)23)31(28,29)25-21-12-16(8-10-18(21)22)15-6-4-3-5-7-15/h3-14,24-25H,1-2H3. The molecule has 0 bridgehead atoms. The summed E-state index contributed by atoms with van der Waals surface area (Å²) in [5, 5.41) is -0.808. The van der Waals surface area contributed by atoms with Crippen molar-refractivity contribution in [1.82, 2.24) is 0 Å². The van der Waals surface area contributed by atoms with Crippen molar-refractivity contribution in [2.45, 2.75) is 24.0 Å². The first kappa shape index (κ1) is 22.7. The van der Waals surface area contributed by atoms with E-state index in [4.69, 9.17) is 0 Å². The van der Waals surface area contributed by atoms with Crippen LogP contribution in [-0.2, 0) is 20.0 Å². The molecular formula is C21H20F2N2O4S2. The molecule has 3 aromatic carbocycles. The van der Waals surface area contributed by atoms with Crippen LogP contribution in [0.1, 0.15) is 13.8 Å². The minimum absolute atomic E-state index is 0.300. The Hall–Kier alpha value is -2.98. The molecule has 0 saturated carbocycles. The number of sulfonamides is 2. The second-order valence-electron chi connectivity index (χ2n) is 7.00. The zero-order chi connectivity index (χ0) is 22.8. The third kappa shape index (κ3) is 5.20. The van der Waals surface area contributed by atoms with Crippen molar-refractivity contribution in [3.05, 3.63) is 78.4 Å². The van der Waals surface area contributed by atoms with Crippen molar-refractivity contribution >= 4 is 31.4 Å². The van der Waals surface area contributed by atoms with Crippen LogP contribution in [0.4, 0.5) is 20.2 Å². The van der Waals surface area contributed by atoms with Gasteiger partial charge in [0, 0.05) is 0 Å². The first-order valence-electron chi connectivity index (χ1n) is 9.18. The zero-order valence-corrected chi connectivity index (χ0v) is 18.3. The van der Waals surface area contributed by atoms with Gasteiger partial charge in [0.05, 0.1) is 21.5 Å². The van der Waals surface area contributed by atoms with Gasteiger partial charge in [-0.2, -0.15) is 0 Å². The van der Waals surface area contributed by atoms with Crippen LogP contribution in [0.2, 0.25) is 0 Å². The molecule has 0 aliphatic carbocycles. The van der Waals surface area contributed by atoms with Crippen LogP contribution in [0.15, 0.2) is 71.6 Å². The van der Waals surface area contributed by atoms with Gasteiger partial charge in [0.2, 0.25) is 10.0 Å². The average molecular weight is 467 g/mol. The first-order chi connectivity index (χ1) is 14.5. The Morgan fingerprint density at radius 1 is 0.710 bits per heavy atom. The van der Waals surface area contributed by atoms with Crippen LogP contribution in [0.5, 0.6) is 0 Å². The second-order valence-corrected chi connectivity index (χ2v) is 10.9. The lowest BCUT2D eigenvalue weighted by Crippen LogP contribution is -2.23. The fourth-order valence-electron chi connectivity index (χ4n) is 2.63. The normalized spacial score (nSPS) is 12.0. The van der Waals surface area contributed by atoms with Crippen molar-refractivity contribution < 1.29 is 25.6 Å². The highest BCUT2D eigenvalue weighted by Gasteiger charge is 2.21. The smallest absolute Gasteiger partial charge is 0.262 e. The van der Waals surface area contributed by atoms with Gasteiger partial charge in [-0.25, -0.2) is 25.6 Å². The van der Waals surface area contributed by atoms with Crippen molar-refractivity contribution in [3.63, 3.8) is 0 Å². The molecule has 0 saturated heterocycles. The summed E-state index contributed by atoms with van der Waals surface area (Å²) < 4.78 is 82.0. The Balaban J connectivity index is 1.90. The first-order valence-corrected chi connectivity index (χ1v) is 12.2. The fraction of sp³-hybridized carbons (Fsp3) is 0.143. The maximum Gasteiger partial charge on any atom is 0.262 e. The molecule has 3 aromatic rings. The maximum absolute atomic E-state index is 14.4. The Morgan fingerprint density at radius 3 is 2.00 bits per heavy atom. The largest absolute Gasteiger partial charge is 0.280 e. The highest BCUT2D eigenvalue weighted by molar-refractivity contribution is 7.93. The molecule has 31 heavy (non-hydrogen) atoms. The third-order valence-corrected chi connectivity index (χ3v) is 7.55. The van der Waals surface area contributed by atoms with E-state index in [1.165, 1.54) is 26.0 Å².